The van der Waals surface area contributed by atoms with E-state index >= 15 is 0 Å². The van der Waals surface area contributed by atoms with Crippen LogP contribution in [0.15, 0.2) is 22.9 Å². The van der Waals surface area contributed by atoms with Crippen molar-refractivity contribution in [3.63, 3.8) is 0 Å². The summed E-state index contributed by atoms with van der Waals surface area (Å²) in [6.07, 6.45) is 1.78. The molecule has 19 heavy (non-hydrogen) atoms. The van der Waals surface area contributed by atoms with Gasteiger partial charge in [0.05, 0.1) is 24.9 Å². The Morgan fingerprint density at radius 3 is 3.11 bits per heavy atom. The van der Waals surface area contributed by atoms with Gasteiger partial charge in [-0.1, -0.05) is 25.1 Å². The highest BCUT2D eigenvalue weighted by molar-refractivity contribution is 5.32. The molecule has 0 aromatic carbocycles. The van der Waals surface area contributed by atoms with Gasteiger partial charge in [0.15, 0.2) is 5.82 Å². The zero-order chi connectivity index (χ0) is 13.2. The van der Waals surface area contributed by atoms with E-state index in [-0.39, 0.29) is 12.0 Å². The van der Waals surface area contributed by atoms with Crippen LogP contribution >= 0.6 is 0 Å². The Kier molecular flexibility index (Phi) is 3.16. The second-order valence-electron chi connectivity index (χ2n) is 4.87. The van der Waals surface area contributed by atoms with Crippen molar-refractivity contribution in [2.45, 2.75) is 32.4 Å². The summed E-state index contributed by atoms with van der Waals surface area (Å²) in [5.74, 6) is 0.938. The van der Waals surface area contributed by atoms with Crippen LogP contribution in [0.1, 0.15) is 42.9 Å². The zero-order valence-corrected chi connectivity index (χ0v) is 11.0. The first-order chi connectivity index (χ1) is 9.24. The monoisotopic (exact) mass is 260 g/mol. The number of nitrogens with one attached hydrogen (secondary N) is 1. The molecule has 0 fully saturated rings. The predicted molar refractivity (Wildman–Crippen MR) is 68.6 cm³/mol. The van der Waals surface area contributed by atoms with Crippen LogP contribution in [0, 0.1) is 0 Å². The van der Waals surface area contributed by atoms with Crippen molar-refractivity contribution < 1.29 is 9.26 Å². The van der Waals surface area contributed by atoms with Crippen molar-refractivity contribution in [3.05, 3.63) is 35.4 Å². The van der Waals surface area contributed by atoms with E-state index in [0.717, 1.165) is 11.3 Å². The minimum Gasteiger partial charge on any atom is -0.374 e. The highest BCUT2D eigenvalue weighted by atomic mass is 16.5. The number of fused-ring (bicyclic) bond motifs is 1. The van der Waals surface area contributed by atoms with Gasteiger partial charge in [-0.2, -0.15) is 4.98 Å². The first-order valence-corrected chi connectivity index (χ1v) is 6.35. The van der Waals surface area contributed by atoms with E-state index in [0.29, 0.717) is 25.1 Å². The van der Waals surface area contributed by atoms with Crippen molar-refractivity contribution in [1.82, 2.24) is 15.1 Å². The number of rotatable bonds is 3. The molecule has 6 heteroatoms. The summed E-state index contributed by atoms with van der Waals surface area (Å²) in [5.41, 5.74) is 2.08. The van der Waals surface area contributed by atoms with Gasteiger partial charge in [0.1, 0.15) is 0 Å². The molecule has 100 valence electrons. The van der Waals surface area contributed by atoms with Crippen molar-refractivity contribution in [3.8, 4) is 0 Å². The van der Waals surface area contributed by atoms with Crippen LogP contribution in [-0.4, -0.2) is 21.7 Å². The summed E-state index contributed by atoms with van der Waals surface area (Å²) >= 11 is 0. The van der Waals surface area contributed by atoms with Crippen LogP contribution in [0.3, 0.4) is 0 Å². The summed E-state index contributed by atoms with van der Waals surface area (Å²) < 4.78 is 10.7. The molecule has 2 aromatic rings. The second-order valence-corrected chi connectivity index (χ2v) is 4.87. The van der Waals surface area contributed by atoms with Gasteiger partial charge in [0.2, 0.25) is 0 Å². The van der Waals surface area contributed by atoms with Crippen molar-refractivity contribution in [1.29, 1.82) is 0 Å². The number of ether oxygens (including phenoxy) is 1. The Bertz CT molecular complexity index is 567. The summed E-state index contributed by atoms with van der Waals surface area (Å²) in [4.78, 5) is 8.71. The standard InChI is InChI=1S/C13H16N4O2/c1-8(2)12-16-13(19-17-12)15-10-7-18-6-9-4-3-5-14-11(9)10/h3-5,8,10H,6-7H2,1-2H3,(H,15,16,17). The molecule has 2 aromatic heterocycles. The highest BCUT2D eigenvalue weighted by Crippen LogP contribution is 2.25. The minimum absolute atomic E-state index is 0.0505. The Morgan fingerprint density at radius 1 is 1.42 bits per heavy atom. The Morgan fingerprint density at radius 2 is 2.32 bits per heavy atom. The van der Waals surface area contributed by atoms with Gasteiger partial charge in [0.25, 0.3) is 0 Å². The number of hydrogen-bond acceptors (Lipinski definition) is 6. The number of hydrogen-bond donors (Lipinski definition) is 1. The summed E-state index contributed by atoms with van der Waals surface area (Å²) in [7, 11) is 0. The van der Waals surface area contributed by atoms with Gasteiger partial charge in [0, 0.05) is 17.7 Å². The van der Waals surface area contributed by atoms with E-state index in [4.69, 9.17) is 9.26 Å². The number of anilines is 1. The largest absolute Gasteiger partial charge is 0.374 e. The molecule has 1 unspecified atom stereocenters. The third kappa shape index (κ3) is 2.44. The van der Waals surface area contributed by atoms with E-state index < -0.39 is 0 Å². The maximum absolute atomic E-state index is 5.54. The molecule has 3 heterocycles. The van der Waals surface area contributed by atoms with E-state index in [2.05, 4.69) is 20.4 Å². The molecule has 0 saturated heterocycles. The summed E-state index contributed by atoms with van der Waals surface area (Å²) in [6, 6.07) is 4.29. The third-order valence-corrected chi connectivity index (χ3v) is 3.05. The zero-order valence-electron chi connectivity index (χ0n) is 11.0. The molecule has 6 nitrogen and oxygen atoms in total. The van der Waals surface area contributed by atoms with Crippen molar-refractivity contribution >= 4 is 6.01 Å². The van der Waals surface area contributed by atoms with Gasteiger partial charge < -0.3 is 14.6 Å². The lowest BCUT2D eigenvalue weighted by atomic mass is 10.1. The Balaban J connectivity index is 1.80. The molecule has 0 bridgehead atoms. The van der Waals surface area contributed by atoms with Crippen LogP contribution in [0.2, 0.25) is 0 Å². The van der Waals surface area contributed by atoms with Gasteiger partial charge in [-0.15, -0.1) is 0 Å². The fourth-order valence-electron chi connectivity index (χ4n) is 2.04. The fourth-order valence-corrected chi connectivity index (χ4v) is 2.04. The third-order valence-electron chi connectivity index (χ3n) is 3.05. The Hall–Kier alpha value is -1.95. The van der Waals surface area contributed by atoms with Gasteiger partial charge in [-0.3, -0.25) is 4.98 Å². The van der Waals surface area contributed by atoms with Crippen molar-refractivity contribution in [2.24, 2.45) is 0 Å². The fraction of sp³-hybridized carbons (Fsp3) is 0.462. The van der Waals surface area contributed by atoms with Crippen molar-refractivity contribution in [2.75, 3.05) is 11.9 Å². The Labute approximate surface area is 111 Å². The van der Waals surface area contributed by atoms with Gasteiger partial charge in [-0.05, 0) is 6.07 Å². The molecule has 0 radical (unpaired) electrons. The van der Waals surface area contributed by atoms with Crippen LogP contribution in [-0.2, 0) is 11.3 Å². The maximum Gasteiger partial charge on any atom is 0.322 e. The number of pyridine rings is 1. The molecule has 1 aliphatic rings. The first-order valence-electron chi connectivity index (χ1n) is 6.35. The summed E-state index contributed by atoms with van der Waals surface area (Å²) in [6.45, 7) is 5.19. The molecule has 0 amide bonds. The smallest absolute Gasteiger partial charge is 0.322 e. The van der Waals surface area contributed by atoms with Gasteiger partial charge in [-0.25, -0.2) is 0 Å². The lowest BCUT2D eigenvalue weighted by Crippen LogP contribution is -2.24. The molecular weight excluding hydrogens is 244 g/mol. The SMILES string of the molecule is CC(C)c1noc(NC2COCc3cccnc32)n1. The topological polar surface area (TPSA) is 73.1 Å². The quantitative estimate of drug-likeness (QED) is 0.912. The van der Waals surface area contributed by atoms with Crippen LogP contribution in [0.5, 0.6) is 0 Å². The second kappa shape index (κ2) is 4.97. The van der Waals surface area contributed by atoms with E-state index in [9.17, 15) is 0 Å². The van der Waals surface area contributed by atoms with Gasteiger partial charge >= 0.3 is 6.01 Å². The lowest BCUT2D eigenvalue weighted by molar-refractivity contribution is 0.0944. The number of nitrogens with zero attached hydrogens (tertiary/aromatic N) is 3. The van der Waals surface area contributed by atoms with Crippen LogP contribution < -0.4 is 5.32 Å². The average Bonchev–Trinajstić information content (AvgIpc) is 2.88. The van der Waals surface area contributed by atoms with Crippen LogP contribution in [0.25, 0.3) is 0 Å². The number of aromatic nitrogens is 3. The summed E-state index contributed by atoms with van der Waals surface area (Å²) in [5, 5.41) is 7.11. The normalized spacial score (nSPS) is 18.4. The maximum atomic E-state index is 5.54. The predicted octanol–water partition coefficient (Wildman–Crippen LogP) is 2.27. The first kappa shape index (κ1) is 12.1. The molecule has 1 N–H and O–H groups in total. The average molecular weight is 260 g/mol. The van der Waals surface area contributed by atoms with E-state index in [1.807, 2.05) is 26.0 Å². The molecule has 1 aliphatic heterocycles. The molecular formula is C13H16N4O2. The van der Waals surface area contributed by atoms with Crippen LogP contribution in [0.4, 0.5) is 6.01 Å². The highest BCUT2D eigenvalue weighted by Gasteiger charge is 2.23. The lowest BCUT2D eigenvalue weighted by Gasteiger charge is -2.24. The van der Waals surface area contributed by atoms with E-state index in [1.54, 1.807) is 6.20 Å². The minimum atomic E-state index is -0.0505. The molecule has 1 atom stereocenters. The molecule has 0 saturated carbocycles. The molecule has 0 aliphatic carbocycles. The molecule has 0 spiro atoms. The van der Waals surface area contributed by atoms with E-state index in [1.165, 1.54) is 0 Å². The molecule has 3 rings (SSSR count).